The predicted molar refractivity (Wildman–Crippen MR) is 168 cm³/mol. The molecule has 7 aliphatic rings. The first-order valence-electron chi connectivity index (χ1n) is 18.2. The minimum Gasteiger partial charge on any atom is -0.458 e. The zero-order chi connectivity index (χ0) is 35.9. The summed E-state index contributed by atoms with van der Waals surface area (Å²) in [7, 11) is 0. The van der Waals surface area contributed by atoms with Crippen molar-refractivity contribution in [2.45, 2.75) is 144 Å². The number of carbonyl (C=O) groups excluding carboxylic acids is 1. The van der Waals surface area contributed by atoms with E-state index in [1.54, 1.807) is 6.92 Å². The van der Waals surface area contributed by atoms with Gasteiger partial charge in [0.25, 0.3) is 0 Å². The van der Waals surface area contributed by atoms with Crippen LogP contribution in [0.2, 0.25) is 0 Å². The second kappa shape index (κ2) is 13.5. The van der Waals surface area contributed by atoms with Gasteiger partial charge in [-0.1, -0.05) is 6.92 Å². The van der Waals surface area contributed by atoms with Gasteiger partial charge in [0.05, 0.1) is 30.5 Å². The van der Waals surface area contributed by atoms with Crippen LogP contribution in [-0.4, -0.2) is 151 Å². The fourth-order valence-corrected chi connectivity index (χ4v) is 11.4. The second-order valence-corrected chi connectivity index (χ2v) is 16.3. The van der Waals surface area contributed by atoms with Crippen LogP contribution in [0.3, 0.4) is 0 Å². The number of rotatable bonds is 7. The predicted octanol–water partition coefficient (Wildman–Crippen LogP) is -1.78. The Balaban J connectivity index is 1.01. The molecule has 0 amide bonds. The van der Waals surface area contributed by atoms with Crippen LogP contribution in [0.5, 0.6) is 0 Å². The van der Waals surface area contributed by atoms with Crippen molar-refractivity contribution in [3.63, 3.8) is 0 Å². The zero-order valence-corrected chi connectivity index (χ0v) is 28.6. The molecule has 9 N–H and O–H groups in total. The standard InChI is InChI=1S/C35H54O15/c1-15-30(50-32-28(43)26(41)25(40)22(12-36)49-32)27(42)29(44)31(47-15)48-18-5-7-34(14-37)17(10-18)3-4-20-21(34)11-23(38)33(2)19(6-8-35(20,33)45)16-9-24(39)46-13-16/h9,15,17-23,25-32,36-38,40-45H,3-8,10-14H2,1-2H3. The van der Waals surface area contributed by atoms with Crippen molar-refractivity contribution < 1.29 is 74.4 Å². The molecule has 7 rings (SSSR count). The van der Waals surface area contributed by atoms with E-state index in [0.29, 0.717) is 44.9 Å². The van der Waals surface area contributed by atoms with E-state index < -0.39 is 96.5 Å². The molecular formula is C35H54O15. The lowest BCUT2D eigenvalue weighted by Gasteiger charge is -2.65. The number of aliphatic hydroxyl groups is 9. The first-order valence-corrected chi connectivity index (χ1v) is 18.2. The van der Waals surface area contributed by atoms with Gasteiger partial charge in [-0.3, -0.25) is 0 Å². The van der Waals surface area contributed by atoms with Crippen LogP contribution in [0.15, 0.2) is 11.6 Å². The smallest absolute Gasteiger partial charge is 0.331 e. The van der Waals surface area contributed by atoms with Crippen LogP contribution in [0.4, 0.5) is 0 Å². The Morgan fingerprint density at radius 1 is 0.840 bits per heavy atom. The molecule has 19 unspecified atom stereocenters. The summed E-state index contributed by atoms with van der Waals surface area (Å²) in [5.74, 6) is -0.826. The molecule has 0 bridgehead atoms. The lowest BCUT2D eigenvalue weighted by Crippen LogP contribution is -2.68. The minimum atomic E-state index is -1.69. The fourth-order valence-electron chi connectivity index (χ4n) is 11.4. The molecule has 15 nitrogen and oxygen atoms in total. The summed E-state index contributed by atoms with van der Waals surface area (Å²) < 4.78 is 28.6. The van der Waals surface area contributed by atoms with E-state index in [0.717, 1.165) is 12.0 Å². The third-order valence-corrected chi connectivity index (χ3v) is 14.3. The van der Waals surface area contributed by atoms with E-state index in [1.165, 1.54) is 6.08 Å². The average Bonchev–Trinajstić information content (AvgIpc) is 3.65. The third-order valence-electron chi connectivity index (χ3n) is 14.3. The van der Waals surface area contributed by atoms with Crippen LogP contribution >= 0.6 is 0 Å². The Morgan fingerprint density at radius 2 is 1.56 bits per heavy atom. The van der Waals surface area contributed by atoms with E-state index >= 15 is 0 Å². The van der Waals surface area contributed by atoms with Gasteiger partial charge in [-0.05, 0) is 93.0 Å². The van der Waals surface area contributed by atoms with E-state index in [-0.39, 0.29) is 43.0 Å². The minimum absolute atomic E-state index is 0.0127. The summed E-state index contributed by atoms with van der Waals surface area (Å²) in [6.07, 6.45) is -9.13. The van der Waals surface area contributed by atoms with Crippen molar-refractivity contribution in [1.29, 1.82) is 0 Å². The van der Waals surface area contributed by atoms with Crippen LogP contribution in [0.25, 0.3) is 0 Å². The lowest BCUT2D eigenvalue weighted by atomic mass is 9.42. The topological polar surface area (TPSA) is 245 Å². The quantitative estimate of drug-likeness (QED) is 0.105. The third kappa shape index (κ3) is 5.54. The number of ether oxygens (including phenoxy) is 5. The number of hydrogen-bond donors (Lipinski definition) is 9. The molecule has 3 aliphatic heterocycles. The Labute approximate surface area is 290 Å². The molecule has 0 radical (unpaired) electrons. The molecule has 4 saturated carbocycles. The highest BCUT2D eigenvalue weighted by atomic mass is 16.7. The molecule has 0 aromatic carbocycles. The molecule has 3 heterocycles. The molecule has 0 aromatic rings. The van der Waals surface area contributed by atoms with Gasteiger partial charge in [-0.15, -0.1) is 0 Å². The summed E-state index contributed by atoms with van der Waals surface area (Å²) >= 11 is 0. The molecule has 6 fully saturated rings. The van der Waals surface area contributed by atoms with Crippen LogP contribution < -0.4 is 0 Å². The van der Waals surface area contributed by atoms with Crippen molar-refractivity contribution in [3.05, 3.63) is 11.6 Å². The van der Waals surface area contributed by atoms with Gasteiger partial charge in [-0.2, -0.15) is 0 Å². The van der Waals surface area contributed by atoms with Gasteiger partial charge in [0.15, 0.2) is 12.6 Å². The summed E-state index contributed by atoms with van der Waals surface area (Å²) in [6, 6.07) is 0. The maximum Gasteiger partial charge on any atom is 0.331 e. The molecule has 15 heteroatoms. The van der Waals surface area contributed by atoms with Gasteiger partial charge >= 0.3 is 5.97 Å². The second-order valence-electron chi connectivity index (χ2n) is 16.3. The highest BCUT2D eigenvalue weighted by molar-refractivity contribution is 5.85. The molecule has 284 valence electrons. The number of hydrogen-bond acceptors (Lipinski definition) is 15. The van der Waals surface area contributed by atoms with Crippen molar-refractivity contribution in [1.82, 2.24) is 0 Å². The van der Waals surface area contributed by atoms with Crippen molar-refractivity contribution in [2.24, 2.45) is 34.5 Å². The summed E-state index contributed by atoms with van der Waals surface area (Å²) in [4.78, 5) is 11.9. The number of aliphatic hydroxyl groups excluding tert-OH is 8. The van der Waals surface area contributed by atoms with E-state index in [9.17, 15) is 50.8 Å². The van der Waals surface area contributed by atoms with Gasteiger partial charge in [-0.25, -0.2) is 4.79 Å². The first-order chi connectivity index (χ1) is 23.7. The Morgan fingerprint density at radius 3 is 2.24 bits per heavy atom. The maximum atomic E-state index is 12.5. The van der Waals surface area contributed by atoms with Gasteiger partial charge in [0.1, 0.15) is 49.3 Å². The molecule has 50 heavy (non-hydrogen) atoms. The van der Waals surface area contributed by atoms with E-state index in [2.05, 4.69) is 0 Å². The molecule has 2 saturated heterocycles. The summed E-state index contributed by atoms with van der Waals surface area (Å²) in [5.41, 5.74) is -1.75. The number of carbonyl (C=O) groups is 1. The monoisotopic (exact) mass is 714 g/mol. The molecule has 0 aromatic heterocycles. The van der Waals surface area contributed by atoms with Crippen LogP contribution in [0, 0.1) is 34.5 Å². The van der Waals surface area contributed by atoms with Crippen LogP contribution in [-0.2, 0) is 28.5 Å². The zero-order valence-electron chi connectivity index (χ0n) is 28.6. The van der Waals surface area contributed by atoms with E-state index in [1.807, 2.05) is 6.92 Å². The SMILES string of the molecule is CC1OC(OC2CCC3(CO)C(CCC4C3CC(O)C3(C)C(C5=CC(=O)OC5)CCC43O)C2)C(O)C(O)C1OC1OC(CO)C(O)C(O)C1O. The highest BCUT2D eigenvalue weighted by Gasteiger charge is 2.71. The molecule has 0 spiro atoms. The lowest BCUT2D eigenvalue weighted by molar-refractivity contribution is -0.360. The number of esters is 1. The summed E-state index contributed by atoms with van der Waals surface area (Å²) in [6.45, 7) is 2.97. The average molecular weight is 715 g/mol. The van der Waals surface area contributed by atoms with Gasteiger partial charge < -0.3 is 69.6 Å². The molecular weight excluding hydrogens is 660 g/mol. The maximum absolute atomic E-state index is 12.5. The highest BCUT2D eigenvalue weighted by Crippen LogP contribution is 2.70. The van der Waals surface area contributed by atoms with Crippen molar-refractivity contribution >= 4 is 5.97 Å². The Kier molecular flexibility index (Phi) is 10.0. The first kappa shape index (κ1) is 37.0. The van der Waals surface area contributed by atoms with Crippen molar-refractivity contribution in [3.8, 4) is 0 Å². The van der Waals surface area contributed by atoms with Crippen LogP contribution in [0.1, 0.15) is 65.2 Å². The van der Waals surface area contributed by atoms with Gasteiger partial charge in [0.2, 0.25) is 0 Å². The Hall–Kier alpha value is -1.31. The van der Waals surface area contributed by atoms with E-state index in [4.69, 9.17) is 23.7 Å². The molecule has 19 atom stereocenters. The number of fused-ring (bicyclic) bond motifs is 5. The van der Waals surface area contributed by atoms with Crippen molar-refractivity contribution in [2.75, 3.05) is 19.8 Å². The number of cyclic esters (lactones) is 1. The Bertz CT molecular complexity index is 1300. The molecule has 4 aliphatic carbocycles. The fraction of sp³-hybridized carbons (Fsp3) is 0.914. The summed E-state index contributed by atoms with van der Waals surface area (Å²) in [5, 5.41) is 97.6. The largest absolute Gasteiger partial charge is 0.458 e. The normalized spacial score (nSPS) is 55.1. The van der Waals surface area contributed by atoms with Gasteiger partial charge in [0, 0.05) is 18.1 Å².